The molecule has 2 heteroatoms. The number of hydrogen-bond acceptors (Lipinski definition) is 1. The third-order valence-electron chi connectivity index (χ3n) is 3.20. The second kappa shape index (κ2) is 11.0. The van der Waals surface area contributed by atoms with E-state index in [1.807, 2.05) is 0 Å². The second-order valence-electron chi connectivity index (χ2n) is 4.80. The molecule has 2 N–H and O–H groups in total. The van der Waals surface area contributed by atoms with Crippen molar-refractivity contribution >= 4 is 5.91 Å². The first-order chi connectivity index (χ1) is 7.72. The summed E-state index contributed by atoms with van der Waals surface area (Å²) >= 11 is 0. The maximum Gasteiger partial charge on any atom is 0.220 e. The topological polar surface area (TPSA) is 43.1 Å². The average molecular weight is 227 g/mol. The van der Waals surface area contributed by atoms with E-state index in [-0.39, 0.29) is 11.8 Å². The van der Waals surface area contributed by atoms with Gasteiger partial charge in [0, 0.05) is 5.92 Å². The van der Waals surface area contributed by atoms with Crippen LogP contribution in [0.3, 0.4) is 0 Å². The molecule has 0 aliphatic rings. The Bertz CT molecular complexity index is 168. The SMILES string of the molecule is CCCCCCCCCC(CCC)C(N)=O. The molecule has 0 radical (unpaired) electrons. The molecule has 0 aliphatic carbocycles. The average Bonchev–Trinajstić information content (AvgIpc) is 2.26. The van der Waals surface area contributed by atoms with Crippen molar-refractivity contribution in [2.45, 2.75) is 78.1 Å². The number of unbranched alkanes of at least 4 members (excludes halogenated alkanes) is 6. The Kier molecular flexibility index (Phi) is 10.6. The van der Waals surface area contributed by atoms with E-state index in [4.69, 9.17) is 5.73 Å². The standard InChI is InChI=1S/C14H29NO/c1-3-5-6-7-8-9-10-12-13(11-4-2)14(15)16/h13H,3-12H2,1-2H3,(H2,15,16). The molecule has 0 spiro atoms. The molecule has 0 aromatic rings. The van der Waals surface area contributed by atoms with Gasteiger partial charge in [0.1, 0.15) is 0 Å². The van der Waals surface area contributed by atoms with Crippen molar-refractivity contribution in [1.82, 2.24) is 0 Å². The highest BCUT2D eigenvalue weighted by Crippen LogP contribution is 2.16. The van der Waals surface area contributed by atoms with Gasteiger partial charge in [-0.1, -0.05) is 65.2 Å². The van der Waals surface area contributed by atoms with E-state index >= 15 is 0 Å². The summed E-state index contributed by atoms with van der Waals surface area (Å²) in [6, 6.07) is 0. The number of amides is 1. The minimum Gasteiger partial charge on any atom is -0.369 e. The summed E-state index contributed by atoms with van der Waals surface area (Å²) in [4.78, 5) is 11.1. The number of hydrogen-bond donors (Lipinski definition) is 1. The first kappa shape index (κ1) is 15.5. The first-order valence-corrected chi connectivity index (χ1v) is 7.01. The van der Waals surface area contributed by atoms with Gasteiger partial charge < -0.3 is 5.73 Å². The molecule has 1 atom stereocenters. The van der Waals surface area contributed by atoms with E-state index in [0.717, 1.165) is 19.3 Å². The number of carbonyl (C=O) groups excluding carboxylic acids is 1. The summed E-state index contributed by atoms with van der Waals surface area (Å²) in [5, 5.41) is 0. The number of rotatable bonds is 11. The summed E-state index contributed by atoms with van der Waals surface area (Å²) in [6.45, 7) is 4.35. The molecule has 0 aromatic heterocycles. The summed E-state index contributed by atoms with van der Waals surface area (Å²) in [5.41, 5.74) is 5.36. The van der Waals surface area contributed by atoms with Crippen LogP contribution in [0.15, 0.2) is 0 Å². The van der Waals surface area contributed by atoms with Crippen molar-refractivity contribution in [2.24, 2.45) is 11.7 Å². The van der Waals surface area contributed by atoms with Crippen molar-refractivity contribution < 1.29 is 4.79 Å². The van der Waals surface area contributed by atoms with E-state index in [2.05, 4.69) is 13.8 Å². The number of primary amides is 1. The van der Waals surface area contributed by atoms with Crippen molar-refractivity contribution in [3.63, 3.8) is 0 Å². The Morgan fingerprint density at radius 2 is 1.44 bits per heavy atom. The Hall–Kier alpha value is -0.530. The van der Waals surface area contributed by atoms with Gasteiger partial charge in [-0.25, -0.2) is 0 Å². The Labute approximate surface area is 101 Å². The van der Waals surface area contributed by atoms with Crippen LogP contribution in [0.4, 0.5) is 0 Å². The van der Waals surface area contributed by atoms with E-state index in [1.165, 1.54) is 44.9 Å². The predicted molar refractivity (Wildman–Crippen MR) is 70.2 cm³/mol. The van der Waals surface area contributed by atoms with Gasteiger partial charge in [0.2, 0.25) is 5.91 Å². The molecule has 0 saturated carbocycles. The largest absolute Gasteiger partial charge is 0.369 e. The maximum absolute atomic E-state index is 11.1. The van der Waals surface area contributed by atoms with E-state index < -0.39 is 0 Å². The van der Waals surface area contributed by atoms with Crippen LogP contribution in [0.2, 0.25) is 0 Å². The highest BCUT2D eigenvalue weighted by molar-refractivity contribution is 5.76. The van der Waals surface area contributed by atoms with E-state index in [0.29, 0.717) is 0 Å². The predicted octanol–water partition coefficient (Wildman–Crippen LogP) is 4.03. The van der Waals surface area contributed by atoms with E-state index in [1.54, 1.807) is 0 Å². The smallest absolute Gasteiger partial charge is 0.220 e. The summed E-state index contributed by atoms with van der Waals surface area (Å²) in [6.07, 6.45) is 12.1. The fourth-order valence-electron chi connectivity index (χ4n) is 2.13. The molecule has 0 heterocycles. The van der Waals surface area contributed by atoms with Crippen LogP contribution < -0.4 is 5.73 Å². The maximum atomic E-state index is 11.1. The van der Waals surface area contributed by atoms with Gasteiger partial charge in [0.15, 0.2) is 0 Å². The molecule has 16 heavy (non-hydrogen) atoms. The van der Waals surface area contributed by atoms with Crippen LogP contribution in [0, 0.1) is 5.92 Å². The molecule has 0 fully saturated rings. The number of nitrogens with two attached hydrogens (primary N) is 1. The normalized spacial score (nSPS) is 12.6. The summed E-state index contributed by atoms with van der Waals surface area (Å²) in [5.74, 6) is 0.0217. The molecular formula is C14H29NO. The lowest BCUT2D eigenvalue weighted by Gasteiger charge is -2.11. The molecule has 2 nitrogen and oxygen atoms in total. The Balaban J connectivity index is 3.37. The van der Waals surface area contributed by atoms with Crippen LogP contribution in [0.5, 0.6) is 0 Å². The zero-order valence-electron chi connectivity index (χ0n) is 11.1. The molecule has 0 aromatic carbocycles. The lowest BCUT2D eigenvalue weighted by molar-refractivity contribution is -0.122. The fraction of sp³-hybridized carbons (Fsp3) is 0.929. The third-order valence-corrected chi connectivity index (χ3v) is 3.20. The van der Waals surface area contributed by atoms with Crippen molar-refractivity contribution in [3.05, 3.63) is 0 Å². The lowest BCUT2D eigenvalue weighted by Crippen LogP contribution is -2.23. The van der Waals surface area contributed by atoms with Gasteiger partial charge in [0.05, 0.1) is 0 Å². The molecule has 0 bridgehead atoms. The zero-order chi connectivity index (χ0) is 12.2. The van der Waals surface area contributed by atoms with Gasteiger partial charge in [-0.2, -0.15) is 0 Å². The Morgan fingerprint density at radius 3 is 1.94 bits per heavy atom. The molecule has 0 rings (SSSR count). The highest BCUT2D eigenvalue weighted by Gasteiger charge is 2.12. The molecule has 0 aliphatic heterocycles. The van der Waals surface area contributed by atoms with Crippen LogP contribution in [-0.2, 0) is 4.79 Å². The Morgan fingerprint density at radius 1 is 0.875 bits per heavy atom. The summed E-state index contributed by atoms with van der Waals surface area (Å²) < 4.78 is 0. The van der Waals surface area contributed by atoms with Gasteiger partial charge in [0.25, 0.3) is 0 Å². The first-order valence-electron chi connectivity index (χ1n) is 7.01. The lowest BCUT2D eigenvalue weighted by atomic mass is 9.95. The monoisotopic (exact) mass is 227 g/mol. The van der Waals surface area contributed by atoms with Crippen LogP contribution in [0.1, 0.15) is 78.1 Å². The molecule has 0 saturated heterocycles. The summed E-state index contributed by atoms with van der Waals surface area (Å²) in [7, 11) is 0. The quantitative estimate of drug-likeness (QED) is 0.532. The van der Waals surface area contributed by atoms with Crippen molar-refractivity contribution in [2.75, 3.05) is 0 Å². The number of carbonyl (C=O) groups is 1. The van der Waals surface area contributed by atoms with Gasteiger partial charge in [-0.05, 0) is 12.8 Å². The van der Waals surface area contributed by atoms with Crippen molar-refractivity contribution in [1.29, 1.82) is 0 Å². The van der Waals surface area contributed by atoms with Crippen molar-refractivity contribution in [3.8, 4) is 0 Å². The van der Waals surface area contributed by atoms with E-state index in [9.17, 15) is 4.79 Å². The van der Waals surface area contributed by atoms with Gasteiger partial charge in [-0.3, -0.25) is 4.79 Å². The third kappa shape index (κ3) is 8.75. The van der Waals surface area contributed by atoms with Gasteiger partial charge >= 0.3 is 0 Å². The molecule has 96 valence electrons. The fourth-order valence-corrected chi connectivity index (χ4v) is 2.13. The van der Waals surface area contributed by atoms with Crippen LogP contribution >= 0.6 is 0 Å². The van der Waals surface area contributed by atoms with Crippen LogP contribution in [0.25, 0.3) is 0 Å². The molecular weight excluding hydrogens is 198 g/mol. The molecule has 1 unspecified atom stereocenters. The zero-order valence-corrected chi connectivity index (χ0v) is 11.1. The second-order valence-corrected chi connectivity index (χ2v) is 4.80. The minimum absolute atomic E-state index is 0.104. The highest BCUT2D eigenvalue weighted by atomic mass is 16.1. The van der Waals surface area contributed by atoms with Gasteiger partial charge in [-0.15, -0.1) is 0 Å². The molecule has 1 amide bonds. The minimum atomic E-state index is -0.104. The van der Waals surface area contributed by atoms with Crippen LogP contribution in [-0.4, -0.2) is 5.91 Å².